The smallest absolute Gasteiger partial charge is 0.287 e. The van der Waals surface area contributed by atoms with E-state index in [1.54, 1.807) is 12.1 Å². The Balaban J connectivity index is 1.84. The van der Waals surface area contributed by atoms with Crippen LogP contribution in [-0.4, -0.2) is 40.8 Å². The number of ether oxygens (including phenoxy) is 1. The summed E-state index contributed by atoms with van der Waals surface area (Å²) in [7, 11) is -1.87. The van der Waals surface area contributed by atoms with Gasteiger partial charge in [0.2, 0.25) is 0 Å². The largest absolute Gasteiger partial charge is 0.493 e. The first kappa shape index (κ1) is 17.3. The van der Waals surface area contributed by atoms with Gasteiger partial charge in [-0.3, -0.25) is 8.98 Å². The number of amides is 1. The molecule has 0 saturated carbocycles. The third kappa shape index (κ3) is 4.97. The Bertz CT molecular complexity index is 780. The molecule has 7 nitrogen and oxygen atoms in total. The van der Waals surface area contributed by atoms with Crippen LogP contribution in [0.25, 0.3) is 11.0 Å². The van der Waals surface area contributed by atoms with E-state index >= 15 is 0 Å². The summed E-state index contributed by atoms with van der Waals surface area (Å²) in [6, 6.07) is 7.07. The number of unbranched alkanes of at least 4 members (excludes halogenated alkanes) is 1. The first-order valence-corrected chi connectivity index (χ1v) is 8.91. The zero-order valence-corrected chi connectivity index (χ0v) is 13.8. The van der Waals surface area contributed by atoms with Crippen molar-refractivity contribution < 1.29 is 26.5 Å². The van der Waals surface area contributed by atoms with Gasteiger partial charge in [0.1, 0.15) is 0 Å². The highest BCUT2D eigenvalue weighted by Crippen LogP contribution is 2.28. The van der Waals surface area contributed by atoms with Gasteiger partial charge < -0.3 is 14.5 Å². The summed E-state index contributed by atoms with van der Waals surface area (Å²) in [4.78, 5) is 12.0. The molecule has 1 aromatic carbocycles. The highest BCUT2D eigenvalue weighted by Gasteiger charge is 2.14. The highest BCUT2D eigenvalue weighted by molar-refractivity contribution is 7.85. The zero-order chi connectivity index (χ0) is 16.9. The Kier molecular flexibility index (Phi) is 5.62. The molecule has 0 aliphatic carbocycles. The van der Waals surface area contributed by atoms with Gasteiger partial charge in [0, 0.05) is 11.9 Å². The number of benzene rings is 1. The molecule has 8 heteroatoms. The van der Waals surface area contributed by atoms with Gasteiger partial charge in [0.25, 0.3) is 16.0 Å². The molecule has 0 aliphatic rings. The first-order chi connectivity index (χ1) is 10.9. The standard InChI is InChI=1S/C15H19NO6S/c1-20-12-7-5-6-11-10-13(22-14(11)12)15(17)16-8-3-4-9-21-23(2,18)19/h5-7,10H,3-4,8-9H2,1-2H3,(H,16,17). The van der Waals surface area contributed by atoms with Crippen LogP contribution in [0.1, 0.15) is 23.4 Å². The average molecular weight is 341 g/mol. The lowest BCUT2D eigenvalue weighted by atomic mass is 10.2. The summed E-state index contributed by atoms with van der Waals surface area (Å²) in [5.74, 6) is 0.448. The Morgan fingerprint density at radius 2 is 2.09 bits per heavy atom. The molecule has 0 atom stereocenters. The van der Waals surface area contributed by atoms with E-state index in [-0.39, 0.29) is 18.3 Å². The molecule has 0 bridgehead atoms. The van der Waals surface area contributed by atoms with Crippen LogP contribution in [0, 0.1) is 0 Å². The van der Waals surface area contributed by atoms with Gasteiger partial charge in [-0.15, -0.1) is 0 Å². The van der Waals surface area contributed by atoms with E-state index in [0.29, 0.717) is 30.7 Å². The fourth-order valence-electron chi connectivity index (χ4n) is 2.04. The highest BCUT2D eigenvalue weighted by atomic mass is 32.2. The SMILES string of the molecule is COc1cccc2cc(C(=O)NCCCCOS(C)(=O)=O)oc12. The molecule has 23 heavy (non-hydrogen) atoms. The number of nitrogens with one attached hydrogen (secondary N) is 1. The number of fused-ring (bicyclic) bond motifs is 1. The van der Waals surface area contributed by atoms with Gasteiger partial charge in [-0.25, -0.2) is 0 Å². The predicted molar refractivity (Wildman–Crippen MR) is 85.1 cm³/mol. The van der Waals surface area contributed by atoms with Crippen molar-refractivity contribution in [2.45, 2.75) is 12.8 Å². The summed E-state index contributed by atoms with van der Waals surface area (Å²) in [6.07, 6.45) is 2.14. The summed E-state index contributed by atoms with van der Waals surface area (Å²) in [6.45, 7) is 0.511. The van der Waals surface area contributed by atoms with Crippen molar-refractivity contribution in [3.8, 4) is 5.75 Å². The van der Waals surface area contributed by atoms with Crippen molar-refractivity contribution in [2.75, 3.05) is 26.5 Å². The second kappa shape index (κ2) is 7.47. The monoisotopic (exact) mass is 341 g/mol. The summed E-state index contributed by atoms with van der Waals surface area (Å²) in [5.41, 5.74) is 0.529. The third-order valence-electron chi connectivity index (χ3n) is 3.11. The lowest BCUT2D eigenvalue weighted by Crippen LogP contribution is -2.24. The maximum atomic E-state index is 12.0. The van der Waals surface area contributed by atoms with Crippen LogP contribution in [0.5, 0.6) is 5.75 Å². The van der Waals surface area contributed by atoms with Crippen molar-refractivity contribution in [3.05, 3.63) is 30.0 Å². The van der Waals surface area contributed by atoms with E-state index < -0.39 is 10.1 Å². The van der Waals surface area contributed by atoms with Gasteiger partial charge in [-0.1, -0.05) is 12.1 Å². The molecule has 1 N–H and O–H groups in total. The minimum atomic E-state index is -3.41. The van der Waals surface area contributed by atoms with Crippen LogP contribution in [-0.2, 0) is 14.3 Å². The molecule has 1 amide bonds. The average Bonchev–Trinajstić information content (AvgIpc) is 2.93. The minimum Gasteiger partial charge on any atom is -0.493 e. The molecule has 1 heterocycles. The van der Waals surface area contributed by atoms with Gasteiger partial charge in [0.05, 0.1) is 20.0 Å². The minimum absolute atomic E-state index is 0.108. The van der Waals surface area contributed by atoms with E-state index in [2.05, 4.69) is 9.50 Å². The number of hydrogen-bond acceptors (Lipinski definition) is 6. The molecule has 0 radical (unpaired) electrons. The number of carbonyl (C=O) groups is 1. The van der Waals surface area contributed by atoms with Crippen LogP contribution in [0.3, 0.4) is 0 Å². The first-order valence-electron chi connectivity index (χ1n) is 7.10. The lowest BCUT2D eigenvalue weighted by molar-refractivity contribution is 0.0926. The van der Waals surface area contributed by atoms with Gasteiger partial charge >= 0.3 is 0 Å². The molecular weight excluding hydrogens is 322 g/mol. The molecule has 0 spiro atoms. The van der Waals surface area contributed by atoms with Gasteiger partial charge in [-0.2, -0.15) is 8.42 Å². The molecule has 1 aromatic heterocycles. The van der Waals surface area contributed by atoms with Crippen LogP contribution < -0.4 is 10.1 Å². The second-order valence-electron chi connectivity index (χ2n) is 4.98. The topological polar surface area (TPSA) is 94.8 Å². The molecule has 0 aliphatic heterocycles. The van der Waals surface area contributed by atoms with Crippen molar-refractivity contribution in [3.63, 3.8) is 0 Å². The molecule has 2 aromatic rings. The Labute approximate surface area is 134 Å². The molecule has 2 rings (SSSR count). The molecule has 126 valence electrons. The third-order valence-corrected chi connectivity index (χ3v) is 3.70. The van der Waals surface area contributed by atoms with Crippen molar-refractivity contribution >= 4 is 27.0 Å². The van der Waals surface area contributed by atoms with Gasteiger partial charge in [0.15, 0.2) is 17.1 Å². The van der Waals surface area contributed by atoms with Crippen molar-refractivity contribution in [1.82, 2.24) is 5.32 Å². The zero-order valence-electron chi connectivity index (χ0n) is 13.0. The quantitative estimate of drug-likeness (QED) is 0.582. The number of hydrogen-bond donors (Lipinski definition) is 1. The second-order valence-corrected chi connectivity index (χ2v) is 6.62. The summed E-state index contributed by atoms with van der Waals surface area (Å²) >= 11 is 0. The van der Waals surface area contributed by atoms with Crippen molar-refractivity contribution in [1.29, 1.82) is 0 Å². The molecule has 0 unspecified atom stereocenters. The van der Waals surface area contributed by atoms with E-state index in [9.17, 15) is 13.2 Å². The van der Waals surface area contributed by atoms with Gasteiger partial charge in [-0.05, 0) is 25.0 Å². The number of carbonyl (C=O) groups excluding carboxylic acids is 1. The van der Waals surface area contributed by atoms with E-state index in [1.165, 1.54) is 7.11 Å². The van der Waals surface area contributed by atoms with E-state index in [4.69, 9.17) is 9.15 Å². The number of rotatable bonds is 8. The fraction of sp³-hybridized carbons (Fsp3) is 0.400. The van der Waals surface area contributed by atoms with Crippen LogP contribution in [0.15, 0.2) is 28.7 Å². The molecule has 0 fully saturated rings. The Morgan fingerprint density at radius 1 is 1.30 bits per heavy atom. The molecular formula is C15H19NO6S. The fourth-order valence-corrected chi connectivity index (χ4v) is 2.46. The predicted octanol–water partition coefficient (Wildman–Crippen LogP) is 1.93. The Hall–Kier alpha value is -2.06. The number of para-hydroxylation sites is 1. The van der Waals surface area contributed by atoms with E-state index in [0.717, 1.165) is 11.6 Å². The van der Waals surface area contributed by atoms with Crippen molar-refractivity contribution in [2.24, 2.45) is 0 Å². The maximum absolute atomic E-state index is 12.0. The Morgan fingerprint density at radius 3 is 2.78 bits per heavy atom. The van der Waals surface area contributed by atoms with Crippen LogP contribution in [0.4, 0.5) is 0 Å². The molecule has 0 saturated heterocycles. The van der Waals surface area contributed by atoms with E-state index in [1.807, 2.05) is 12.1 Å². The van der Waals surface area contributed by atoms with Crippen LogP contribution in [0.2, 0.25) is 0 Å². The maximum Gasteiger partial charge on any atom is 0.287 e. The normalized spacial score (nSPS) is 11.6. The summed E-state index contributed by atoms with van der Waals surface area (Å²) < 4.78 is 36.9. The summed E-state index contributed by atoms with van der Waals surface area (Å²) in [5, 5.41) is 3.50. The number of methoxy groups -OCH3 is 1. The van der Waals surface area contributed by atoms with Crippen LogP contribution >= 0.6 is 0 Å². The lowest BCUT2D eigenvalue weighted by Gasteiger charge is -2.03. The number of furan rings is 1.